The first-order valence-corrected chi connectivity index (χ1v) is 8.43. The van der Waals surface area contributed by atoms with Crippen molar-refractivity contribution in [2.24, 2.45) is 4.99 Å². The van der Waals surface area contributed by atoms with Gasteiger partial charge >= 0.3 is 0 Å². The highest BCUT2D eigenvalue weighted by Gasteiger charge is 2.08. The van der Waals surface area contributed by atoms with Crippen LogP contribution >= 0.6 is 15.9 Å². The van der Waals surface area contributed by atoms with Gasteiger partial charge in [0.15, 0.2) is 0 Å². The molecule has 0 aliphatic heterocycles. The number of aliphatic imine (C=N–C) groups is 1. The molecule has 0 aliphatic rings. The monoisotopic (exact) mass is 367 g/mol. The molecule has 22 heavy (non-hydrogen) atoms. The van der Waals surface area contributed by atoms with Crippen molar-refractivity contribution in [2.45, 2.75) is 40.5 Å². The predicted molar refractivity (Wildman–Crippen MR) is 97.3 cm³/mol. The van der Waals surface area contributed by atoms with E-state index in [0.29, 0.717) is 12.5 Å². The lowest BCUT2D eigenvalue weighted by molar-refractivity contribution is 0.296. The van der Waals surface area contributed by atoms with Crippen molar-refractivity contribution in [1.29, 1.82) is 0 Å². The van der Waals surface area contributed by atoms with E-state index in [1.807, 2.05) is 31.3 Å². The van der Waals surface area contributed by atoms with Crippen LogP contribution in [0.15, 0.2) is 27.2 Å². The Hall–Kier alpha value is -1.36. The van der Waals surface area contributed by atoms with Gasteiger partial charge in [-0.1, -0.05) is 11.6 Å². The highest BCUT2D eigenvalue weighted by atomic mass is 79.9. The van der Waals surface area contributed by atoms with Crippen molar-refractivity contribution in [1.82, 2.24) is 9.88 Å². The molecule has 0 amide bonds. The Balaban J connectivity index is 2.67. The smallest absolute Gasteiger partial charge is 0.228 e. The van der Waals surface area contributed by atoms with E-state index in [4.69, 9.17) is 4.74 Å². The van der Waals surface area contributed by atoms with Crippen LogP contribution in [0.1, 0.15) is 39.3 Å². The summed E-state index contributed by atoms with van der Waals surface area (Å²) in [7, 11) is 1.99. The summed E-state index contributed by atoms with van der Waals surface area (Å²) in [6, 6.07) is 1.95. The van der Waals surface area contributed by atoms with E-state index >= 15 is 0 Å². The fraction of sp³-hybridized carbons (Fsp3) is 0.529. The quantitative estimate of drug-likeness (QED) is 0.284. The second-order valence-corrected chi connectivity index (χ2v) is 6.14. The average molecular weight is 368 g/mol. The molecule has 1 heterocycles. The summed E-state index contributed by atoms with van der Waals surface area (Å²) >= 11 is 3.51. The molecule has 0 fully saturated rings. The summed E-state index contributed by atoms with van der Waals surface area (Å²) < 4.78 is 6.61. The average Bonchev–Trinajstić information content (AvgIpc) is 2.52. The Morgan fingerprint density at radius 1 is 1.50 bits per heavy atom. The van der Waals surface area contributed by atoms with Crippen LogP contribution < -0.4 is 4.74 Å². The van der Waals surface area contributed by atoms with Crippen LogP contribution in [0.25, 0.3) is 0 Å². The molecule has 4 nitrogen and oxygen atoms in total. The van der Waals surface area contributed by atoms with Crippen LogP contribution in [0.3, 0.4) is 0 Å². The van der Waals surface area contributed by atoms with Crippen LogP contribution in [0.4, 0.5) is 5.69 Å². The number of hydrogen-bond donors (Lipinski definition) is 0. The number of allylic oxidation sites excluding steroid dienone is 2. The van der Waals surface area contributed by atoms with Crippen LogP contribution in [-0.2, 0) is 0 Å². The van der Waals surface area contributed by atoms with Crippen molar-refractivity contribution in [3.63, 3.8) is 0 Å². The molecule has 5 heteroatoms. The molecule has 0 bridgehead atoms. The maximum atomic E-state index is 5.77. The van der Waals surface area contributed by atoms with Gasteiger partial charge in [-0.15, -0.1) is 0 Å². The molecule has 122 valence electrons. The van der Waals surface area contributed by atoms with Crippen molar-refractivity contribution in [3.05, 3.63) is 27.9 Å². The summed E-state index contributed by atoms with van der Waals surface area (Å²) in [5, 5.41) is 0. The maximum Gasteiger partial charge on any atom is 0.228 e. The maximum absolute atomic E-state index is 5.77. The van der Waals surface area contributed by atoms with E-state index < -0.39 is 0 Å². The Bertz CT molecular complexity index is 541. The van der Waals surface area contributed by atoms with Gasteiger partial charge in [0.25, 0.3) is 0 Å². The molecular formula is C17H26BrN3O. The molecule has 0 aliphatic carbocycles. The van der Waals surface area contributed by atoms with Gasteiger partial charge in [-0.05, 0) is 62.5 Å². The summed E-state index contributed by atoms with van der Waals surface area (Å²) in [5.74, 6) is 0.637. The number of pyridine rings is 1. The van der Waals surface area contributed by atoms with Gasteiger partial charge in [0.05, 0.1) is 28.8 Å². The lowest BCUT2D eigenvalue weighted by atomic mass is 10.2. The molecule has 0 spiro atoms. The SMILES string of the molecule is C/C=C(/C)CCCOc1nc(C)c(/N=C/N(C)CC)cc1Br. The summed E-state index contributed by atoms with van der Waals surface area (Å²) in [4.78, 5) is 11.0. The molecule has 0 N–H and O–H groups in total. The summed E-state index contributed by atoms with van der Waals surface area (Å²) in [6.07, 6.45) is 6.00. The second-order valence-electron chi connectivity index (χ2n) is 5.28. The normalized spacial score (nSPS) is 12.0. The van der Waals surface area contributed by atoms with Gasteiger partial charge < -0.3 is 9.64 Å². The predicted octanol–water partition coefficient (Wildman–Crippen LogP) is 4.89. The van der Waals surface area contributed by atoms with Gasteiger partial charge in [0, 0.05) is 13.6 Å². The number of halogens is 1. The van der Waals surface area contributed by atoms with Crippen LogP contribution in [0, 0.1) is 6.92 Å². The highest BCUT2D eigenvalue weighted by Crippen LogP contribution is 2.29. The Labute approximate surface area is 142 Å². The van der Waals surface area contributed by atoms with Gasteiger partial charge in [-0.3, -0.25) is 0 Å². The third-order valence-corrected chi connectivity index (χ3v) is 4.02. The topological polar surface area (TPSA) is 37.7 Å². The van der Waals surface area contributed by atoms with Crippen molar-refractivity contribution in [3.8, 4) is 5.88 Å². The number of aromatic nitrogens is 1. The standard InChI is InChI=1S/C17H26BrN3O/c1-6-13(3)9-8-10-22-17-15(18)11-16(14(4)20-17)19-12-21(5)7-2/h6,11-12H,7-10H2,1-5H3/b13-6-,19-12+. The lowest BCUT2D eigenvalue weighted by Gasteiger charge is -2.11. The van der Waals surface area contributed by atoms with Gasteiger partial charge in [-0.2, -0.15) is 0 Å². The van der Waals surface area contributed by atoms with E-state index in [0.717, 1.165) is 35.2 Å². The van der Waals surface area contributed by atoms with E-state index in [1.54, 1.807) is 0 Å². The first kappa shape index (κ1) is 18.7. The van der Waals surface area contributed by atoms with E-state index in [2.05, 4.69) is 52.8 Å². The largest absolute Gasteiger partial charge is 0.477 e. The minimum Gasteiger partial charge on any atom is -0.477 e. The molecule has 0 aromatic carbocycles. The Morgan fingerprint density at radius 3 is 2.86 bits per heavy atom. The Kier molecular flexibility index (Phi) is 8.17. The van der Waals surface area contributed by atoms with Gasteiger partial charge in [0.1, 0.15) is 0 Å². The first-order chi connectivity index (χ1) is 10.5. The molecule has 0 saturated carbocycles. The first-order valence-electron chi connectivity index (χ1n) is 7.64. The van der Waals surface area contributed by atoms with E-state index in [1.165, 1.54) is 5.57 Å². The highest BCUT2D eigenvalue weighted by molar-refractivity contribution is 9.10. The molecule has 0 saturated heterocycles. The van der Waals surface area contributed by atoms with E-state index in [9.17, 15) is 0 Å². The van der Waals surface area contributed by atoms with Crippen molar-refractivity contribution < 1.29 is 4.74 Å². The number of aryl methyl sites for hydroxylation is 1. The third-order valence-electron chi connectivity index (χ3n) is 3.45. The molecule has 1 aromatic rings. The van der Waals surface area contributed by atoms with Crippen molar-refractivity contribution in [2.75, 3.05) is 20.2 Å². The van der Waals surface area contributed by atoms with Crippen LogP contribution in [0.5, 0.6) is 5.88 Å². The Morgan fingerprint density at radius 2 is 2.23 bits per heavy atom. The number of rotatable bonds is 8. The summed E-state index contributed by atoms with van der Waals surface area (Å²) in [5.41, 5.74) is 3.10. The van der Waals surface area contributed by atoms with E-state index in [-0.39, 0.29) is 0 Å². The molecule has 0 atom stereocenters. The molecule has 1 aromatic heterocycles. The molecule has 1 rings (SSSR count). The lowest BCUT2D eigenvalue weighted by Crippen LogP contribution is -2.14. The zero-order valence-corrected chi connectivity index (χ0v) is 15.8. The van der Waals surface area contributed by atoms with Gasteiger partial charge in [-0.25, -0.2) is 9.98 Å². The number of ether oxygens (including phenoxy) is 1. The zero-order valence-electron chi connectivity index (χ0n) is 14.2. The van der Waals surface area contributed by atoms with Crippen LogP contribution in [-0.4, -0.2) is 36.4 Å². The number of nitrogens with zero attached hydrogens (tertiary/aromatic N) is 3. The van der Waals surface area contributed by atoms with Crippen molar-refractivity contribution >= 4 is 28.0 Å². The molecule has 0 unspecified atom stereocenters. The fourth-order valence-electron chi connectivity index (χ4n) is 1.69. The minimum absolute atomic E-state index is 0.637. The number of hydrogen-bond acceptors (Lipinski definition) is 3. The third kappa shape index (κ3) is 6.18. The van der Waals surface area contributed by atoms with Crippen LogP contribution in [0.2, 0.25) is 0 Å². The molecular weight excluding hydrogens is 342 g/mol. The fourth-order valence-corrected chi connectivity index (χ4v) is 2.11. The minimum atomic E-state index is 0.637. The summed E-state index contributed by atoms with van der Waals surface area (Å²) in [6.45, 7) is 9.81. The zero-order chi connectivity index (χ0) is 16.5. The second kappa shape index (κ2) is 9.62. The van der Waals surface area contributed by atoms with Gasteiger partial charge in [0.2, 0.25) is 5.88 Å². The molecule has 0 radical (unpaired) electrons.